The second-order valence-electron chi connectivity index (χ2n) is 5.63. The monoisotopic (exact) mass is 344 g/mol. The van der Waals surface area contributed by atoms with Crippen LogP contribution in [0.3, 0.4) is 0 Å². The maximum Gasteiger partial charge on any atom is 0.297 e. The van der Waals surface area contributed by atoms with Crippen molar-refractivity contribution in [2.75, 3.05) is 20.2 Å². The lowest BCUT2D eigenvalue weighted by Gasteiger charge is -2.23. The predicted octanol–water partition coefficient (Wildman–Crippen LogP) is 1.20. The van der Waals surface area contributed by atoms with Crippen molar-refractivity contribution < 1.29 is 31.5 Å². The third-order valence-electron chi connectivity index (χ3n) is 3.98. The molecule has 7 nitrogen and oxygen atoms in total. The topological polar surface area (TPSA) is 80.3 Å². The van der Waals surface area contributed by atoms with E-state index in [2.05, 4.69) is 0 Å². The molecule has 8 heteroatoms. The molecule has 0 amide bonds. The van der Waals surface area contributed by atoms with Gasteiger partial charge in [-0.3, -0.25) is 4.18 Å². The van der Waals surface area contributed by atoms with Gasteiger partial charge < -0.3 is 18.9 Å². The normalized spacial score (nSPS) is 31.6. The molecule has 0 spiro atoms. The number of ether oxygens (including phenoxy) is 4. The van der Waals surface area contributed by atoms with Crippen molar-refractivity contribution in [1.82, 2.24) is 0 Å². The number of hydrogen-bond acceptors (Lipinski definition) is 7. The summed E-state index contributed by atoms with van der Waals surface area (Å²) in [5.74, 6) is 0. The molecule has 1 aromatic rings. The molecule has 3 rings (SSSR count). The van der Waals surface area contributed by atoms with Gasteiger partial charge in [0.15, 0.2) is 0 Å². The van der Waals surface area contributed by atoms with E-state index in [0.717, 1.165) is 5.56 Å². The van der Waals surface area contributed by atoms with Crippen LogP contribution in [-0.2, 0) is 33.2 Å². The zero-order valence-electron chi connectivity index (χ0n) is 13.0. The first-order valence-corrected chi connectivity index (χ1v) is 8.81. The molecule has 4 atom stereocenters. The minimum Gasteiger partial charge on any atom is -0.350 e. The van der Waals surface area contributed by atoms with E-state index < -0.39 is 22.3 Å². The SMILES string of the molecule is Cc1ccc(S(=O)(=O)OC[C@@H]2OCO[C@@H]2[C@H]2OCO[C@H]2C)cc1. The third kappa shape index (κ3) is 3.73. The van der Waals surface area contributed by atoms with Gasteiger partial charge in [-0.05, 0) is 26.0 Å². The van der Waals surface area contributed by atoms with Crippen LogP contribution in [0, 0.1) is 6.92 Å². The van der Waals surface area contributed by atoms with Gasteiger partial charge in [0, 0.05) is 0 Å². The van der Waals surface area contributed by atoms with Gasteiger partial charge in [-0.15, -0.1) is 0 Å². The van der Waals surface area contributed by atoms with E-state index >= 15 is 0 Å². The van der Waals surface area contributed by atoms with Gasteiger partial charge >= 0.3 is 0 Å². The van der Waals surface area contributed by atoms with Crippen LogP contribution < -0.4 is 0 Å². The molecular formula is C15H20O7S. The Kier molecular flexibility index (Phi) is 5.00. The van der Waals surface area contributed by atoms with Crippen molar-refractivity contribution in [3.8, 4) is 0 Å². The predicted molar refractivity (Wildman–Crippen MR) is 79.2 cm³/mol. The van der Waals surface area contributed by atoms with Gasteiger partial charge in [-0.25, -0.2) is 0 Å². The van der Waals surface area contributed by atoms with E-state index in [9.17, 15) is 8.42 Å². The fourth-order valence-electron chi connectivity index (χ4n) is 2.60. The first-order valence-electron chi connectivity index (χ1n) is 7.40. The summed E-state index contributed by atoms with van der Waals surface area (Å²) in [5.41, 5.74) is 0.976. The number of hydrogen-bond donors (Lipinski definition) is 0. The van der Waals surface area contributed by atoms with E-state index in [-0.39, 0.29) is 37.3 Å². The van der Waals surface area contributed by atoms with Crippen LogP contribution in [0.25, 0.3) is 0 Å². The number of rotatable bonds is 5. The van der Waals surface area contributed by atoms with E-state index in [1.54, 1.807) is 12.1 Å². The molecule has 0 aromatic heterocycles. The van der Waals surface area contributed by atoms with Crippen LogP contribution in [0.1, 0.15) is 12.5 Å². The Balaban J connectivity index is 1.63. The maximum atomic E-state index is 12.2. The Bertz CT molecular complexity index is 628. The van der Waals surface area contributed by atoms with Crippen molar-refractivity contribution in [1.29, 1.82) is 0 Å². The highest BCUT2D eigenvalue weighted by Gasteiger charge is 2.43. The van der Waals surface area contributed by atoms with Gasteiger partial charge in [0.1, 0.15) is 31.9 Å². The molecule has 0 aliphatic carbocycles. The van der Waals surface area contributed by atoms with Crippen molar-refractivity contribution >= 4 is 10.1 Å². The molecule has 2 saturated heterocycles. The zero-order chi connectivity index (χ0) is 16.4. The Hall–Kier alpha value is -1.03. The minimum absolute atomic E-state index is 0.0792. The minimum atomic E-state index is -3.83. The number of aryl methyl sites for hydroxylation is 1. The lowest BCUT2D eigenvalue weighted by molar-refractivity contribution is -0.0327. The van der Waals surface area contributed by atoms with Gasteiger partial charge in [-0.1, -0.05) is 17.7 Å². The van der Waals surface area contributed by atoms with Crippen molar-refractivity contribution in [3.05, 3.63) is 29.8 Å². The Morgan fingerprint density at radius 1 is 1.04 bits per heavy atom. The standard InChI is InChI=1S/C15H20O7S/c1-10-3-5-12(6-4-10)23(16,17)22-7-13-15(21-9-19-13)14-11(2)18-8-20-14/h3-6,11,13-15H,7-9H2,1-2H3/t11-,13-,14-,15-/m0/s1. The van der Waals surface area contributed by atoms with E-state index in [1.807, 2.05) is 13.8 Å². The summed E-state index contributed by atoms with van der Waals surface area (Å²) in [6.45, 7) is 3.90. The highest BCUT2D eigenvalue weighted by atomic mass is 32.2. The highest BCUT2D eigenvalue weighted by molar-refractivity contribution is 7.86. The molecule has 0 saturated carbocycles. The Labute approximate surface area is 135 Å². The molecule has 2 aliphatic heterocycles. The largest absolute Gasteiger partial charge is 0.350 e. The molecule has 0 bridgehead atoms. The van der Waals surface area contributed by atoms with Crippen LogP contribution >= 0.6 is 0 Å². The maximum absolute atomic E-state index is 12.2. The van der Waals surface area contributed by atoms with Crippen LogP contribution in [0.2, 0.25) is 0 Å². The van der Waals surface area contributed by atoms with Crippen molar-refractivity contribution in [3.63, 3.8) is 0 Å². The Morgan fingerprint density at radius 3 is 2.35 bits per heavy atom. The molecule has 2 fully saturated rings. The molecule has 0 unspecified atom stereocenters. The molecule has 128 valence electrons. The Morgan fingerprint density at radius 2 is 1.70 bits per heavy atom. The summed E-state index contributed by atoms with van der Waals surface area (Å²) in [6.07, 6.45) is -1.38. The smallest absolute Gasteiger partial charge is 0.297 e. The molecule has 0 radical (unpaired) electrons. The zero-order valence-corrected chi connectivity index (χ0v) is 13.8. The van der Waals surface area contributed by atoms with E-state index in [1.165, 1.54) is 12.1 Å². The van der Waals surface area contributed by atoms with Crippen LogP contribution in [0.4, 0.5) is 0 Å². The summed E-state index contributed by atoms with van der Waals surface area (Å²) in [4.78, 5) is 0.118. The summed E-state index contributed by atoms with van der Waals surface area (Å²) in [5, 5.41) is 0. The summed E-state index contributed by atoms with van der Waals surface area (Å²) in [6, 6.07) is 6.48. The molecule has 2 aliphatic rings. The molecule has 1 aromatic carbocycles. The summed E-state index contributed by atoms with van der Waals surface area (Å²) in [7, 11) is -3.83. The summed E-state index contributed by atoms with van der Waals surface area (Å²) < 4.78 is 51.3. The lowest BCUT2D eigenvalue weighted by atomic mass is 10.0. The van der Waals surface area contributed by atoms with Gasteiger partial charge in [-0.2, -0.15) is 8.42 Å². The van der Waals surface area contributed by atoms with Crippen LogP contribution in [0.5, 0.6) is 0 Å². The highest BCUT2D eigenvalue weighted by Crippen LogP contribution is 2.26. The van der Waals surface area contributed by atoms with Crippen molar-refractivity contribution in [2.45, 2.75) is 43.2 Å². The molecule has 23 heavy (non-hydrogen) atoms. The first-order chi connectivity index (χ1) is 11.0. The van der Waals surface area contributed by atoms with Crippen molar-refractivity contribution in [2.24, 2.45) is 0 Å². The van der Waals surface area contributed by atoms with Gasteiger partial charge in [0.2, 0.25) is 0 Å². The molecular weight excluding hydrogens is 324 g/mol. The van der Waals surface area contributed by atoms with Gasteiger partial charge in [0.25, 0.3) is 10.1 Å². The summed E-state index contributed by atoms with van der Waals surface area (Å²) >= 11 is 0. The van der Waals surface area contributed by atoms with Crippen LogP contribution in [-0.4, -0.2) is 53.0 Å². The first kappa shape index (κ1) is 16.8. The second kappa shape index (κ2) is 6.84. The fourth-order valence-corrected chi connectivity index (χ4v) is 3.52. The fraction of sp³-hybridized carbons (Fsp3) is 0.600. The molecule has 2 heterocycles. The number of benzene rings is 1. The van der Waals surface area contributed by atoms with Crippen LogP contribution in [0.15, 0.2) is 29.2 Å². The third-order valence-corrected chi connectivity index (χ3v) is 5.28. The van der Waals surface area contributed by atoms with Gasteiger partial charge in [0.05, 0.1) is 17.6 Å². The average Bonchev–Trinajstić information content (AvgIpc) is 3.14. The average molecular weight is 344 g/mol. The quantitative estimate of drug-likeness (QED) is 0.743. The van der Waals surface area contributed by atoms with E-state index in [0.29, 0.717) is 0 Å². The van der Waals surface area contributed by atoms with E-state index in [4.69, 9.17) is 23.1 Å². The second-order valence-corrected chi connectivity index (χ2v) is 7.24. The lowest BCUT2D eigenvalue weighted by Crippen LogP contribution is -2.42. The molecule has 0 N–H and O–H groups in total.